The van der Waals surface area contributed by atoms with Crippen LogP contribution in [0.4, 0.5) is 11.4 Å². The van der Waals surface area contributed by atoms with E-state index in [1.807, 2.05) is 12.1 Å². The summed E-state index contributed by atoms with van der Waals surface area (Å²) in [7, 11) is -3.58. The van der Waals surface area contributed by atoms with Gasteiger partial charge in [0.05, 0.1) is 5.75 Å². The maximum absolute atomic E-state index is 12.9. The first-order chi connectivity index (χ1) is 15.8. The summed E-state index contributed by atoms with van der Waals surface area (Å²) in [5.74, 6) is -0.528. The number of piperidine rings is 2. The Bertz CT molecular complexity index is 1060. The first-order valence-electron chi connectivity index (χ1n) is 11.4. The second-order valence-corrected chi connectivity index (χ2v) is 11.5. The van der Waals surface area contributed by atoms with Crippen molar-refractivity contribution in [3.05, 3.63) is 58.1 Å². The minimum atomic E-state index is -3.58. The molecule has 2 saturated heterocycles. The largest absolute Gasteiger partial charge is 0.372 e. The third kappa shape index (κ3) is 6.01. The van der Waals surface area contributed by atoms with Gasteiger partial charge in [-0.1, -0.05) is 29.3 Å². The molecule has 2 heterocycles. The summed E-state index contributed by atoms with van der Waals surface area (Å²) in [6, 6.07) is 12.9. The molecule has 0 saturated carbocycles. The Balaban J connectivity index is 1.30. The molecule has 0 spiro atoms. The lowest BCUT2D eigenvalue weighted by Gasteiger charge is -2.31. The molecule has 6 nitrogen and oxygen atoms in total. The molecule has 2 aliphatic rings. The Morgan fingerprint density at radius 3 is 2.12 bits per heavy atom. The molecule has 2 fully saturated rings. The average molecular weight is 510 g/mol. The number of nitrogens with zero attached hydrogens (tertiary/aromatic N) is 2. The number of anilines is 2. The van der Waals surface area contributed by atoms with Crippen LogP contribution in [0.3, 0.4) is 0 Å². The third-order valence-corrected chi connectivity index (χ3v) is 8.98. The molecular formula is C24H29Cl2N3O3S. The Kier molecular flexibility index (Phi) is 7.84. The van der Waals surface area contributed by atoms with Gasteiger partial charge in [0.1, 0.15) is 0 Å². The summed E-state index contributed by atoms with van der Waals surface area (Å²) in [5, 5.41) is 3.67. The van der Waals surface area contributed by atoms with Gasteiger partial charge < -0.3 is 10.2 Å². The van der Waals surface area contributed by atoms with E-state index >= 15 is 0 Å². The molecule has 2 aliphatic heterocycles. The van der Waals surface area contributed by atoms with Gasteiger partial charge in [-0.15, -0.1) is 0 Å². The summed E-state index contributed by atoms with van der Waals surface area (Å²) in [4.78, 5) is 15.1. The zero-order valence-electron chi connectivity index (χ0n) is 18.5. The predicted molar refractivity (Wildman–Crippen MR) is 135 cm³/mol. The Hall–Kier alpha value is -1.80. The molecule has 0 aromatic heterocycles. The van der Waals surface area contributed by atoms with Crippen LogP contribution < -0.4 is 10.2 Å². The number of carbonyl (C=O) groups excluding carboxylic acids is 1. The van der Waals surface area contributed by atoms with Crippen molar-refractivity contribution in [2.75, 3.05) is 36.4 Å². The molecule has 178 valence electrons. The fourth-order valence-electron chi connectivity index (χ4n) is 4.49. The number of halogens is 2. The van der Waals surface area contributed by atoms with Crippen LogP contribution in [0.2, 0.25) is 10.0 Å². The Morgan fingerprint density at radius 1 is 0.909 bits per heavy atom. The fourth-order valence-corrected chi connectivity index (χ4v) is 6.81. The molecule has 0 aliphatic carbocycles. The van der Waals surface area contributed by atoms with Crippen molar-refractivity contribution >= 4 is 50.5 Å². The van der Waals surface area contributed by atoms with Gasteiger partial charge in [-0.25, -0.2) is 12.7 Å². The van der Waals surface area contributed by atoms with Crippen molar-refractivity contribution in [1.29, 1.82) is 0 Å². The van der Waals surface area contributed by atoms with E-state index in [1.54, 1.807) is 18.2 Å². The second-order valence-electron chi connectivity index (χ2n) is 8.71. The van der Waals surface area contributed by atoms with Crippen molar-refractivity contribution in [2.24, 2.45) is 5.92 Å². The van der Waals surface area contributed by atoms with Gasteiger partial charge in [0, 0.05) is 59.1 Å². The lowest BCUT2D eigenvalue weighted by atomic mass is 9.97. The molecule has 33 heavy (non-hydrogen) atoms. The zero-order valence-corrected chi connectivity index (χ0v) is 20.8. The first kappa shape index (κ1) is 24.3. The van der Waals surface area contributed by atoms with Gasteiger partial charge in [0.15, 0.2) is 0 Å². The number of amides is 1. The van der Waals surface area contributed by atoms with Crippen LogP contribution >= 0.6 is 23.2 Å². The van der Waals surface area contributed by atoms with E-state index in [0.717, 1.165) is 18.8 Å². The van der Waals surface area contributed by atoms with Crippen molar-refractivity contribution in [3.8, 4) is 0 Å². The van der Waals surface area contributed by atoms with Gasteiger partial charge in [-0.2, -0.15) is 0 Å². The van der Waals surface area contributed by atoms with Crippen LogP contribution in [-0.4, -0.2) is 44.8 Å². The highest BCUT2D eigenvalue weighted by molar-refractivity contribution is 7.88. The minimum absolute atomic E-state index is 0.0630. The molecule has 4 rings (SSSR count). The van der Waals surface area contributed by atoms with Crippen molar-refractivity contribution < 1.29 is 13.2 Å². The normalized spacial score (nSPS) is 18.3. The number of benzene rings is 2. The summed E-state index contributed by atoms with van der Waals surface area (Å²) in [6.45, 7) is 2.76. The minimum Gasteiger partial charge on any atom is -0.372 e. The molecule has 1 amide bonds. The van der Waals surface area contributed by atoms with Crippen molar-refractivity contribution in [3.63, 3.8) is 0 Å². The van der Waals surface area contributed by atoms with Crippen LogP contribution in [0.1, 0.15) is 37.7 Å². The third-order valence-electron chi connectivity index (χ3n) is 6.46. The number of hydrogen-bond acceptors (Lipinski definition) is 4. The van der Waals surface area contributed by atoms with E-state index in [0.29, 0.717) is 41.5 Å². The molecule has 0 bridgehead atoms. The predicted octanol–water partition coefficient (Wildman–Crippen LogP) is 5.16. The quantitative estimate of drug-likeness (QED) is 0.583. The molecular weight excluding hydrogens is 481 g/mol. The molecule has 2 aromatic carbocycles. The highest BCUT2D eigenvalue weighted by Crippen LogP contribution is 2.29. The van der Waals surface area contributed by atoms with Crippen LogP contribution in [0.25, 0.3) is 0 Å². The number of hydrogen-bond donors (Lipinski definition) is 1. The second kappa shape index (κ2) is 10.6. The van der Waals surface area contributed by atoms with Crippen LogP contribution in [0.5, 0.6) is 0 Å². The number of carbonyl (C=O) groups is 1. The van der Waals surface area contributed by atoms with Gasteiger partial charge in [0.25, 0.3) is 0 Å². The topological polar surface area (TPSA) is 69.7 Å². The number of rotatable bonds is 6. The van der Waals surface area contributed by atoms with Crippen LogP contribution in [0.15, 0.2) is 42.5 Å². The van der Waals surface area contributed by atoms with Gasteiger partial charge in [0.2, 0.25) is 15.9 Å². The summed E-state index contributed by atoms with van der Waals surface area (Å²) in [6.07, 6.45) is 4.69. The van der Waals surface area contributed by atoms with Crippen molar-refractivity contribution in [2.45, 2.75) is 37.9 Å². The molecule has 2 aromatic rings. The summed E-state index contributed by atoms with van der Waals surface area (Å²) in [5.41, 5.74) is 2.36. The van der Waals surface area contributed by atoms with E-state index in [4.69, 9.17) is 23.2 Å². The van der Waals surface area contributed by atoms with E-state index in [2.05, 4.69) is 22.3 Å². The molecule has 0 unspecified atom stereocenters. The fraction of sp³-hybridized carbons (Fsp3) is 0.458. The molecule has 9 heteroatoms. The smallest absolute Gasteiger partial charge is 0.227 e. The SMILES string of the molecule is O=C(Nc1ccc(N2CCCCC2)cc1)C1CCN(S(=O)(=O)Cc2c(Cl)cccc2Cl)CC1. The standard InChI is InChI=1S/C24H29Cl2N3O3S/c25-22-5-4-6-23(26)21(22)17-33(31,32)29-15-11-18(12-16-29)24(30)27-19-7-9-20(10-8-19)28-13-2-1-3-14-28/h4-10,18H,1-3,11-17H2,(H,27,30). The molecule has 0 atom stereocenters. The highest BCUT2D eigenvalue weighted by atomic mass is 35.5. The van der Waals surface area contributed by atoms with E-state index < -0.39 is 10.0 Å². The molecule has 1 N–H and O–H groups in total. The Labute approximate surface area is 205 Å². The summed E-state index contributed by atoms with van der Waals surface area (Å²) < 4.78 is 27.2. The monoisotopic (exact) mass is 509 g/mol. The lowest BCUT2D eigenvalue weighted by molar-refractivity contribution is -0.120. The lowest BCUT2D eigenvalue weighted by Crippen LogP contribution is -2.42. The van der Waals surface area contributed by atoms with Crippen LogP contribution in [0, 0.1) is 5.92 Å². The van der Waals surface area contributed by atoms with Crippen molar-refractivity contribution in [1.82, 2.24) is 4.31 Å². The highest BCUT2D eigenvalue weighted by Gasteiger charge is 2.32. The van der Waals surface area contributed by atoms with E-state index in [1.165, 1.54) is 29.3 Å². The van der Waals surface area contributed by atoms with Gasteiger partial charge in [-0.3, -0.25) is 4.79 Å². The average Bonchev–Trinajstić information content (AvgIpc) is 2.83. The van der Waals surface area contributed by atoms with Gasteiger partial charge >= 0.3 is 0 Å². The summed E-state index contributed by atoms with van der Waals surface area (Å²) >= 11 is 12.3. The zero-order chi connectivity index (χ0) is 23.4. The van der Waals surface area contributed by atoms with Gasteiger partial charge in [-0.05, 0) is 68.5 Å². The molecule has 0 radical (unpaired) electrons. The Morgan fingerprint density at radius 2 is 1.52 bits per heavy atom. The van der Waals surface area contributed by atoms with E-state index in [9.17, 15) is 13.2 Å². The maximum atomic E-state index is 12.9. The van der Waals surface area contributed by atoms with E-state index in [-0.39, 0.29) is 17.6 Å². The maximum Gasteiger partial charge on any atom is 0.227 e. The van der Waals surface area contributed by atoms with Crippen LogP contribution in [-0.2, 0) is 20.6 Å². The first-order valence-corrected chi connectivity index (χ1v) is 13.8. The number of nitrogens with one attached hydrogen (secondary N) is 1. The number of sulfonamides is 1.